The molecule has 0 aliphatic carbocycles. The minimum absolute atomic E-state index is 0.0000203. The van der Waals surface area contributed by atoms with Crippen molar-refractivity contribution in [2.75, 3.05) is 0 Å². The first-order valence-corrected chi connectivity index (χ1v) is 8.04. The van der Waals surface area contributed by atoms with Crippen LogP contribution in [-0.2, 0) is 10.0 Å². The van der Waals surface area contributed by atoms with Crippen LogP contribution < -0.4 is 5.14 Å². The van der Waals surface area contributed by atoms with E-state index in [-0.39, 0.29) is 33.9 Å². The summed E-state index contributed by atoms with van der Waals surface area (Å²) in [5.41, 5.74) is 1.01. The first-order valence-electron chi connectivity index (χ1n) is 6.49. The molecule has 0 saturated carbocycles. The summed E-state index contributed by atoms with van der Waals surface area (Å²) in [7, 11) is -3.90. The number of furan rings is 1. The van der Waals surface area contributed by atoms with Gasteiger partial charge < -0.3 is 8.94 Å². The summed E-state index contributed by atoms with van der Waals surface area (Å²) in [6, 6.07) is 5.61. The zero-order valence-electron chi connectivity index (χ0n) is 12.2. The molecular formula is C14H12FN3O4S. The zero-order chi connectivity index (χ0) is 16.8. The first kappa shape index (κ1) is 15.4. The molecule has 0 radical (unpaired) electrons. The molecule has 2 heterocycles. The second-order valence-corrected chi connectivity index (χ2v) is 6.49. The number of aryl methyl sites for hydroxylation is 2. The van der Waals surface area contributed by atoms with Gasteiger partial charge >= 0.3 is 0 Å². The van der Waals surface area contributed by atoms with Crippen LogP contribution in [0.1, 0.15) is 11.3 Å². The van der Waals surface area contributed by atoms with Gasteiger partial charge in [-0.15, -0.1) is 0 Å². The summed E-state index contributed by atoms with van der Waals surface area (Å²) in [5.74, 6) is 0.107. The molecule has 2 N–H and O–H groups in total. The summed E-state index contributed by atoms with van der Waals surface area (Å²) in [6.07, 6.45) is 0. The van der Waals surface area contributed by atoms with E-state index in [4.69, 9.17) is 14.1 Å². The second-order valence-electron chi connectivity index (χ2n) is 4.96. The lowest BCUT2D eigenvalue weighted by atomic mass is 10.1. The van der Waals surface area contributed by atoms with E-state index in [0.29, 0.717) is 11.1 Å². The van der Waals surface area contributed by atoms with Crippen LogP contribution in [-0.4, -0.2) is 18.6 Å². The monoisotopic (exact) mass is 337 g/mol. The normalized spacial score (nSPS) is 11.8. The van der Waals surface area contributed by atoms with Gasteiger partial charge in [0, 0.05) is 11.6 Å². The highest BCUT2D eigenvalue weighted by atomic mass is 32.2. The number of nitrogens with zero attached hydrogens (tertiary/aromatic N) is 2. The highest BCUT2D eigenvalue weighted by molar-refractivity contribution is 7.89. The smallest absolute Gasteiger partial charge is 0.293 e. The largest absolute Gasteiger partial charge is 0.455 e. The fraction of sp³-hybridized carbons (Fsp3) is 0.143. The van der Waals surface area contributed by atoms with Gasteiger partial charge in [0.15, 0.2) is 5.76 Å². The van der Waals surface area contributed by atoms with Crippen molar-refractivity contribution in [3.8, 4) is 23.0 Å². The first-order chi connectivity index (χ1) is 10.8. The molecule has 23 heavy (non-hydrogen) atoms. The van der Waals surface area contributed by atoms with Crippen molar-refractivity contribution < 1.29 is 21.7 Å². The van der Waals surface area contributed by atoms with E-state index in [1.807, 2.05) is 0 Å². The SMILES string of the molecule is Cc1cc(-c2noc(-c3cc(S(N)(=O)=O)c(C)o3)n2)ccc1F. The molecule has 9 heteroatoms. The van der Waals surface area contributed by atoms with Crippen LogP contribution in [0.2, 0.25) is 0 Å². The minimum Gasteiger partial charge on any atom is -0.455 e. The molecule has 0 saturated heterocycles. The van der Waals surface area contributed by atoms with Gasteiger partial charge in [0.05, 0.1) is 0 Å². The maximum atomic E-state index is 13.3. The summed E-state index contributed by atoms with van der Waals surface area (Å²) in [4.78, 5) is 3.98. The zero-order valence-corrected chi connectivity index (χ0v) is 13.0. The molecule has 0 fully saturated rings. The molecule has 7 nitrogen and oxygen atoms in total. The van der Waals surface area contributed by atoms with E-state index in [2.05, 4.69) is 10.1 Å². The van der Waals surface area contributed by atoms with E-state index in [1.54, 1.807) is 13.0 Å². The molecule has 0 bridgehead atoms. The molecule has 0 unspecified atom stereocenters. The highest BCUT2D eigenvalue weighted by Gasteiger charge is 2.21. The molecule has 120 valence electrons. The summed E-state index contributed by atoms with van der Waals surface area (Å²) < 4.78 is 46.5. The minimum atomic E-state index is -3.90. The Morgan fingerprint density at radius 2 is 1.96 bits per heavy atom. The van der Waals surface area contributed by atoms with Gasteiger partial charge in [0.1, 0.15) is 16.5 Å². The number of benzene rings is 1. The van der Waals surface area contributed by atoms with E-state index in [9.17, 15) is 12.8 Å². The lowest BCUT2D eigenvalue weighted by molar-refractivity contribution is 0.413. The summed E-state index contributed by atoms with van der Waals surface area (Å²) >= 11 is 0. The Kier molecular flexibility index (Phi) is 3.53. The van der Waals surface area contributed by atoms with Gasteiger partial charge in [-0.1, -0.05) is 5.16 Å². The number of aromatic nitrogens is 2. The van der Waals surface area contributed by atoms with Gasteiger partial charge in [0.2, 0.25) is 15.8 Å². The molecule has 0 spiro atoms. The number of rotatable bonds is 3. The molecule has 3 rings (SSSR count). The number of sulfonamides is 1. The molecule has 0 atom stereocenters. The van der Waals surface area contributed by atoms with Gasteiger partial charge in [-0.2, -0.15) is 4.98 Å². The molecule has 2 aromatic heterocycles. The van der Waals surface area contributed by atoms with Crippen LogP contribution in [0.3, 0.4) is 0 Å². The third-order valence-corrected chi connectivity index (χ3v) is 4.25. The summed E-state index contributed by atoms with van der Waals surface area (Å²) in [6.45, 7) is 3.08. The van der Waals surface area contributed by atoms with Crippen LogP contribution in [0, 0.1) is 19.7 Å². The van der Waals surface area contributed by atoms with Crippen LogP contribution in [0.25, 0.3) is 23.0 Å². The predicted octanol–water partition coefficient (Wildman–Crippen LogP) is 2.40. The molecule has 0 aliphatic rings. The highest BCUT2D eigenvalue weighted by Crippen LogP contribution is 2.28. The van der Waals surface area contributed by atoms with E-state index >= 15 is 0 Å². The van der Waals surface area contributed by atoms with Crippen LogP contribution in [0.5, 0.6) is 0 Å². The number of primary sulfonamides is 1. The van der Waals surface area contributed by atoms with Crippen molar-refractivity contribution in [3.05, 3.63) is 41.4 Å². The van der Waals surface area contributed by atoms with Gasteiger partial charge in [-0.05, 0) is 37.6 Å². The molecule has 0 aliphatic heterocycles. The second kappa shape index (κ2) is 5.28. The Morgan fingerprint density at radius 1 is 1.22 bits per heavy atom. The maximum Gasteiger partial charge on any atom is 0.293 e. The lowest BCUT2D eigenvalue weighted by Crippen LogP contribution is -2.12. The third-order valence-electron chi connectivity index (χ3n) is 3.23. The van der Waals surface area contributed by atoms with E-state index < -0.39 is 10.0 Å². The van der Waals surface area contributed by atoms with Crippen LogP contribution >= 0.6 is 0 Å². The quantitative estimate of drug-likeness (QED) is 0.785. The average Bonchev–Trinajstić information content (AvgIpc) is 3.07. The Morgan fingerprint density at radius 3 is 2.57 bits per heavy atom. The van der Waals surface area contributed by atoms with Crippen LogP contribution in [0.4, 0.5) is 4.39 Å². The lowest BCUT2D eigenvalue weighted by Gasteiger charge is -1.97. The Bertz CT molecular complexity index is 991. The van der Waals surface area contributed by atoms with Crippen molar-refractivity contribution in [2.24, 2.45) is 5.14 Å². The maximum absolute atomic E-state index is 13.3. The fourth-order valence-corrected chi connectivity index (χ4v) is 2.79. The van der Waals surface area contributed by atoms with Gasteiger partial charge in [0.25, 0.3) is 5.89 Å². The Labute approximate surface area is 131 Å². The fourth-order valence-electron chi connectivity index (χ4n) is 2.08. The molecule has 0 amide bonds. The predicted molar refractivity (Wildman–Crippen MR) is 78.2 cm³/mol. The number of halogens is 1. The standard InChI is InChI=1S/C14H12FN3O4S/c1-7-5-9(3-4-10(7)15)13-17-14(22-18-13)11-6-12(8(2)21-11)23(16,19)20/h3-6H,1-2H3,(H2,16,19,20). The van der Waals surface area contributed by atoms with Crippen molar-refractivity contribution in [1.29, 1.82) is 0 Å². The van der Waals surface area contributed by atoms with Crippen molar-refractivity contribution in [2.45, 2.75) is 18.7 Å². The van der Waals surface area contributed by atoms with Crippen LogP contribution in [0.15, 0.2) is 38.1 Å². The number of hydrogen-bond donors (Lipinski definition) is 1. The summed E-state index contributed by atoms with van der Waals surface area (Å²) in [5, 5.41) is 8.87. The average molecular weight is 337 g/mol. The van der Waals surface area contributed by atoms with Gasteiger partial charge in [-0.3, -0.25) is 0 Å². The van der Waals surface area contributed by atoms with Crippen molar-refractivity contribution in [1.82, 2.24) is 10.1 Å². The third kappa shape index (κ3) is 2.88. The molecule has 3 aromatic rings. The number of hydrogen-bond acceptors (Lipinski definition) is 6. The Balaban J connectivity index is 2.01. The van der Waals surface area contributed by atoms with E-state index in [0.717, 1.165) is 0 Å². The Hall–Kier alpha value is -2.52. The van der Waals surface area contributed by atoms with E-state index in [1.165, 1.54) is 25.1 Å². The van der Waals surface area contributed by atoms with Crippen molar-refractivity contribution >= 4 is 10.0 Å². The van der Waals surface area contributed by atoms with Gasteiger partial charge in [-0.25, -0.2) is 17.9 Å². The topological polar surface area (TPSA) is 112 Å². The number of nitrogens with two attached hydrogens (primary N) is 1. The van der Waals surface area contributed by atoms with Crippen molar-refractivity contribution in [3.63, 3.8) is 0 Å². The molecular weight excluding hydrogens is 325 g/mol. The molecule has 1 aromatic carbocycles.